The number of hydrogen-bond donors (Lipinski definition) is 0. The normalized spacial score (nSPS) is 10.5. The van der Waals surface area contributed by atoms with Crippen LogP contribution in [-0.2, 0) is 32.9 Å². The van der Waals surface area contributed by atoms with Gasteiger partial charge < -0.3 is 15.0 Å². The van der Waals surface area contributed by atoms with Crippen LogP contribution in [0.25, 0.3) is 67.9 Å². The number of rotatable bonds is 18. The molecule has 0 saturated heterocycles. The standard InChI is InChI=1S/C45H45N4O.2C11H8N.Ir/c1-3-5-7-10-14-33-18-22-38(23-19-33)43-47-44(39-24-20-34(21-25-39)15-11-8-6-4-2)49-45(48-43)40-30-31-41(46-32-40)35-26-28-37(29-27-35)42(50)36-16-12-9-13-17-36;2*1-2-6-10(7-3-1)11-8-4-5-9-12-11;/h9,12-13,16-26,28-32H,3-8,10-11,14-15H2,1-2H3;2*1-6,8-9H;/q3*-1;+3. The zero-order valence-corrected chi connectivity index (χ0v) is 45.1. The average Bonchev–Trinajstić information content (AvgIpc) is 3.49. The summed E-state index contributed by atoms with van der Waals surface area (Å²) in [7, 11) is 0. The van der Waals surface area contributed by atoms with E-state index < -0.39 is 0 Å². The van der Waals surface area contributed by atoms with Crippen molar-refractivity contribution in [2.75, 3.05) is 0 Å². The molecular formula is C67H61IrN6O. The van der Waals surface area contributed by atoms with Crippen molar-refractivity contribution in [1.29, 1.82) is 0 Å². The van der Waals surface area contributed by atoms with Crippen LogP contribution in [0.2, 0.25) is 0 Å². The monoisotopic (exact) mass is 1160 g/mol. The van der Waals surface area contributed by atoms with Gasteiger partial charge in [-0.3, -0.25) is 4.79 Å². The average molecular weight is 1160 g/mol. The van der Waals surface area contributed by atoms with E-state index in [1.54, 1.807) is 24.7 Å². The Labute approximate surface area is 457 Å². The number of aryl methyl sites for hydroxylation is 2. The summed E-state index contributed by atoms with van der Waals surface area (Å²) in [6.45, 7) is 4.49. The molecule has 0 amide bonds. The Hall–Kier alpha value is -7.90. The van der Waals surface area contributed by atoms with Gasteiger partial charge in [0.1, 0.15) is 0 Å². The summed E-state index contributed by atoms with van der Waals surface area (Å²) < 4.78 is 0. The van der Waals surface area contributed by atoms with Crippen LogP contribution in [0.3, 0.4) is 0 Å². The first-order valence-corrected chi connectivity index (χ1v) is 25.8. The molecule has 10 rings (SSSR count). The van der Waals surface area contributed by atoms with Gasteiger partial charge in [-0.05, 0) is 66.0 Å². The molecule has 0 bridgehead atoms. The minimum absolute atomic E-state index is 0. The summed E-state index contributed by atoms with van der Waals surface area (Å²) in [5, 5.41) is 0. The number of benzene rings is 6. The van der Waals surface area contributed by atoms with E-state index in [0.717, 1.165) is 63.3 Å². The molecule has 4 aromatic heterocycles. The number of nitrogens with zero attached hydrogens (tertiary/aromatic N) is 6. The fourth-order valence-corrected chi connectivity index (χ4v) is 8.23. The molecule has 0 aliphatic carbocycles. The number of unbranched alkanes of at least 4 members (excludes halogenated alkanes) is 6. The minimum atomic E-state index is -0.0265. The number of hydrogen-bond acceptors (Lipinski definition) is 7. The molecule has 4 heterocycles. The van der Waals surface area contributed by atoms with Crippen molar-refractivity contribution in [3.63, 3.8) is 0 Å². The second kappa shape index (κ2) is 29.7. The molecule has 0 saturated carbocycles. The summed E-state index contributed by atoms with van der Waals surface area (Å²) in [6, 6.07) is 72.8. The van der Waals surface area contributed by atoms with Gasteiger partial charge in [-0.25, -0.2) is 15.0 Å². The molecule has 75 heavy (non-hydrogen) atoms. The third kappa shape index (κ3) is 16.6. The Morgan fingerprint density at radius 1 is 0.400 bits per heavy atom. The Morgan fingerprint density at radius 2 is 0.867 bits per heavy atom. The number of carbonyl (C=O) groups excluding carboxylic acids is 1. The van der Waals surface area contributed by atoms with Crippen molar-refractivity contribution in [1.82, 2.24) is 29.9 Å². The number of aromatic nitrogens is 6. The van der Waals surface area contributed by atoms with E-state index in [0.29, 0.717) is 28.6 Å². The second-order valence-corrected chi connectivity index (χ2v) is 17.9. The molecule has 7 nitrogen and oxygen atoms in total. The van der Waals surface area contributed by atoms with Crippen LogP contribution < -0.4 is 0 Å². The zero-order chi connectivity index (χ0) is 51.0. The molecule has 0 fully saturated rings. The number of ketones is 1. The Kier molecular flexibility index (Phi) is 21.7. The molecule has 6 aromatic carbocycles. The summed E-state index contributed by atoms with van der Waals surface area (Å²) >= 11 is 0. The molecule has 0 aliphatic rings. The van der Waals surface area contributed by atoms with Crippen molar-refractivity contribution in [3.8, 4) is 67.9 Å². The van der Waals surface area contributed by atoms with Gasteiger partial charge in [0.15, 0.2) is 23.3 Å². The van der Waals surface area contributed by atoms with E-state index in [4.69, 9.17) is 19.9 Å². The predicted octanol–water partition coefficient (Wildman–Crippen LogP) is 16.3. The summed E-state index contributed by atoms with van der Waals surface area (Å²) in [6.07, 6.45) is 17.5. The van der Waals surface area contributed by atoms with Crippen LogP contribution >= 0.6 is 0 Å². The van der Waals surface area contributed by atoms with Crippen molar-refractivity contribution in [3.05, 3.63) is 253 Å². The first-order chi connectivity index (χ1) is 36.5. The predicted molar refractivity (Wildman–Crippen MR) is 301 cm³/mol. The van der Waals surface area contributed by atoms with Gasteiger partial charge in [-0.2, -0.15) is 0 Å². The maximum Gasteiger partial charge on any atom is 3.00 e. The maximum absolute atomic E-state index is 12.9. The second-order valence-electron chi connectivity index (χ2n) is 17.9. The van der Waals surface area contributed by atoms with Gasteiger partial charge in [0, 0.05) is 40.8 Å². The Bertz CT molecular complexity index is 2970. The van der Waals surface area contributed by atoms with Gasteiger partial charge in [-0.15, -0.1) is 102 Å². The zero-order valence-electron chi connectivity index (χ0n) is 42.7. The van der Waals surface area contributed by atoms with E-state index in [9.17, 15) is 4.79 Å². The summed E-state index contributed by atoms with van der Waals surface area (Å²) in [5.74, 6) is 1.83. The Balaban J connectivity index is 0.000000265. The first kappa shape index (κ1) is 54.9. The Morgan fingerprint density at radius 3 is 1.29 bits per heavy atom. The maximum atomic E-state index is 12.9. The number of carbonyl (C=O) groups is 1. The molecule has 0 radical (unpaired) electrons. The van der Waals surface area contributed by atoms with Crippen molar-refractivity contribution in [2.24, 2.45) is 0 Å². The third-order valence-corrected chi connectivity index (χ3v) is 12.4. The fraction of sp³-hybridized carbons (Fsp3) is 0.179. The molecule has 374 valence electrons. The smallest absolute Gasteiger partial charge is 0.305 e. The van der Waals surface area contributed by atoms with Crippen LogP contribution in [0.1, 0.15) is 92.3 Å². The van der Waals surface area contributed by atoms with E-state index in [1.807, 2.05) is 140 Å². The van der Waals surface area contributed by atoms with Gasteiger partial charge >= 0.3 is 20.1 Å². The van der Waals surface area contributed by atoms with Gasteiger partial charge in [0.25, 0.3) is 0 Å². The SMILES string of the molecule is CCCCCCc1ccc(-c2nc(-c3ccc(CCCCCC)cc3)nc(-c3ccc(-c4[c-]cc(C(=O)c5ccccc5)cc4)nc3)n2)cc1.[Ir+3].[c-]1ccccc1-c1ccccn1.[c-]1ccccc1-c1ccccn1. The van der Waals surface area contributed by atoms with Gasteiger partial charge in [0.2, 0.25) is 0 Å². The fourth-order valence-electron chi connectivity index (χ4n) is 8.23. The third-order valence-electron chi connectivity index (χ3n) is 12.4. The molecular weight excluding hydrogens is 1100 g/mol. The minimum Gasteiger partial charge on any atom is -0.305 e. The topological polar surface area (TPSA) is 94.4 Å². The largest absolute Gasteiger partial charge is 3.00 e. The van der Waals surface area contributed by atoms with Crippen molar-refractivity contribution < 1.29 is 24.9 Å². The van der Waals surface area contributed by atoms with Crippen molar-refractivity contribution in [2.45, 2.75) is 78.1 Å². The van der Waals surface area contributed by atoms with Crippen LogP contribution in [0.15, 0.2) is 213 Å². The quantitative estimate of drug-likeness (QED) is 0.0480. The van der Waals surface area contributed by atoms with Gasteiger partial charge in [-0.1, -0.05) is 173 Å². The van der Waals surface area contributed by atoms with Gasteiger partial charge in [0.05, 0.1) is 0 Å². The molecule has 0 atom stereocenters. The summed E-state index contributed by atoms with van der Waals surface area (Å²) in [5.41, 5.74) is 12.2. The van der Waals surface area contributed by atoms with Crippen LogP contribution in [0.5, 0.6) is 0 Å². The van der Waals surface area contributed by atoms with Crippen molar-refractivity contribution >= 4 is 5.78 Å². The van der Waals surface area contributed by atoms with E-state index in [1.165, 1.54) is 62.5 Å². The first-order valence-electron chi connectivity index (χ1n) is 25.8. The molecule has 0 aliphatic heterocycles. The van der Waals surface area contributed by atoms with Crippen LogP contribution in [0.4, 0.5) is 0 Å². The molecule has 10 aromatic rings. The molecule has 0 spiro atoms. The van der Waals surface area contributed by atoms with E-state index >= 15 is 0 Å². The molecule has 0 N–H and O–H groups in total. The molecule has 0 unspecified atom stereocenters. The van der Waals surface area contributed by atoms with E-state index in [-0.39, 0.29) is 25.9 Å². The van der Waals surface area contributed by atoms with Crippen LogP contribution in [0, 0.1) is 18.2 Å². The summed E-state index contributed by atoms with van der Waals surface area (Å²) in [4.78, 5) is 40.9. The molecule has 8 heteroatoms. The van der Waals surface area contributed by atoms with Crippen LogP contribution in [-0.4, -0.2) is 35.7 Å². The number of pyridine rings is 3. The van der Waals surface area contributed by atoms with E-state index in [2.05, 4.69) is 90.5 Å².